The lowest BCUT2D eigenvalue weighted by molar-refractivity contribution is 0.373. The molecule has 0 spiro atoms. The van der Waals surface area contributed by atoms with Gasteiger partial charge in [0.25, 0.3) is 0 Å². The van der Waals surface area contributed by atoms with Crippen LogP contribution >= 0.6 is 23.2 Å². The lowest BCUT2D eigenvalue weighted by Crippen LogP contribution is -2.34. The molecule has 1 nitrogen and oxygen atoms in total. The molecular weight excluding hydrogens is 296 g/mol. The summed E-state index contributed by atoms with van der Waals surface area (Å²) in [6.07, 6.45) is 1.98. The molecule has 0 aliphatic heterocycles. The number of hydrogen-bond donors (Lipinski definition) is 1. The maximum absolute atomic E-state index is 13.7. The van der Waals surface area contributed by atoms with E-state index in [0.717, 1.165) is 17.9 Å². The largest absolute Gasteiger partial charge is 0.380 e. The molecule has 1 aliphatic rings. The van der Waals surface area contributed by atoms with E-state index in [1.54, 1.807) is 12.1 Å². The van der Waals surface area contributed by atoms with Crippen LogP contribution in [0.15, 0.2) is 42.5 Å². The topological polar surface area (TPSA) is 12.0 Å². The van der Waals surface area contributed by atoms with Gasteiger partial charge in [-0.1, -0.05) is 35.3 Å². The van der Waals surface area contributed by atoms with Crippen LogP contribution in [0.25, 0.3) is 0 Å². The van der Waals surface area contributed by atoms with E-state index >= 15 is 0 Å². The van der Waals surface area contributed by atoms with Crippen molar-refractivity contribution in [1.29, 1.82) is 0 Å². The second-order valence-corrected chi connectivity index (χ2v) is 6.06. The monoisotopic (exact) mass is 309 g/mol. The van der Waals surface area contributed by atoms with Crippen molar-refractivity contribution < 1.29 is 4.39 Å². The summed E-state index contributed by atoms with van der Waals surface area (Å²) < 4.78 is 13.7. The minimum absolute atomic E-state index is 0.301. The van der Waals surface area contributed by atoms with Crippen molar-refractivity contribution in [2.75, 3.05) is 5.32 Å². The number of rotatable bonds is 3. The van der Waals surface area contributed by atoms with E-state index in [4.69, 9.17) is 23.2 Å². The van der Waals surface area contributed by atoms with Crippen LogP contribution in [-0.4, -0.2) is 6.04 Å². The van der Waals surface area contributed by atoms with E-state index < -0.39 is 0 Å². The summed E-state index contributed by atoms with van der Waals surface area (Å²) in [6.45, 7) is 0. The summed E-state index contributed by atoms with van der Waals surface area (Å²) in [4.78, 5) is 0. The smallest absolute Gasteiger partial charge is 0.147 e. The highest BCUT2D eigenvalue weighted by molar-refractivity contribution is 6.30. The van der Waals surface area contributed by atoms with Crippen LogP contribution in [0.2, 0.25) is 10.0 Å². The Morgan fingerprint density at radius 2 is 1.75 bits per heavy atom. The molecule has 0 heterocycles. The van der Waals surface area contributed by atoms with Gasteiger partial charge in [-0.25, -0.2) is 4.39 Å². The van der Waals surface area contributed by atoms with Gasteiger partial charge in [0.05, 0.1) is 5.69 Å². The number of hydrogen-bond acceptors (Lipinski definition) is 1. The molecule has 1 aliphatic carbocycles. The summed E-state index contributed by atoms with van der Waals surface area (Å²) in [5.74, 6) is 0.199. The molecule has 0 saturated heterocycles. The van der Waals surface area contributed by atoms with E-state index in [1.807, 2.05) is 18.2 Å². The third-order valence-electron chi connectivity index (χ3n) is 3.75. The van der Waals surface area contributed by atoms with Gasteiger partial charge in [-0.05, 0) is 54.7 Å². The molecule has 3 rings (SSSR count). The third-order valence-corrected chi connectivity index (χ3v) is 4.22. The summed E-state index contributed by atoms with van der Waals surface area (Å²) in [5.41, 5.74) is 1.77. The van der Waals surface area contributed by atoms with Crippen molar-refractivity contribution in [3.05, 3.63) is 63.9 Å². The van der Waals surface area contributed by atoms with Crippen LogP contribution in [0.4, 0.5) is 10.1 Å². The second-order valence-electron chi connectivity index (χ2n) is 5.19. The summed E-state index contributed by atoms with van der Waals surface area (Å²) in [5, 5.41) is 4.40. The lowest BCUT2D eigenvalue weighted by atomic mass is 9.76. The van der Waals surface area contributed by atoms with Crippen LogP contribution in [0.1, 0.15) is 24.3 Å². The molecule has 4 heteroatoms. The maximum atomic E-state index is 13.7. The first-order valence-corrected chi connectivity index (χ1v) is 7.34. The van der Waals surface area contributed by atoms with Gasteiger partial charge in [-0.15, -0.1) is 0 Å². The minimum atomic E-state index is -0.302. The molecule has 0 amide bonds. The quantitative estimate of drug-likeness (QED) is 0.790. The molecule has 0 atom stereocenters. The first-order chi connectivity index (χ1) is 9.61. The molecule has 1 fully saturated rings. The Bertz CT molecular complexity index is 624. The van der Waals surface area contributed by atoms with E-state index in [1.165, 1.54) is 11.6 Å². The third kappa shape index (κ3) is 2.92. The van der Waals surface area contributed by atoms with Crippen LogP contribution in [0, 0.1) is 5.82 Å². The van der Waals surface area contributed by atoms with Gasteiger partial charge in [0.2, 0.25) is 0 Å². The Kier molecular flexibility index (Phi) is 3.86. The summed E-state index contributed by atoms with van der Waals surface area (Å²) in [6, 6.07) is 13.0. The highest BCUT2D eigenvalue weighted by Crippen LogP contribution is 2.39. The highest BCUT2D eigenvalue weighted by Gasteiger charge is 2.30. The molecule has 2 aromatic rings. The molecule has 2 aromatic carbocycles. The zero-order chi connectivity index (χ0) is 14.1. The first kappa shape index (κ1) is 13.7. The average molecular weight is 310 g/mol. The van der Waals surface area contributed by atoms with Crippen molar-refractivity contribution >= 4 is 28.9 Å². The summed E-state index contributed by atoms with van der Waals surface area (Å²) in [7, 11) is 0. The normalized spacial score (nSPS) is 21.4. The number of benzene rings is 2. The van der Waals surface area contributed by atoms with Crippen LogP contribution in [0.5, 0.6) is 0 Å². The Hall–Kier alpha value is -1.25. The van der Waals surface area contributed by atoms with Gasteiger partial charge < -0.3 is 5.32 Å². The molecule has 20 heavy (non-hydrogen) atoms. The number of anilines is 1. The van der Waals surface area contributed by atoms with Crippen LogP contribution < -0.4 is 5.32 Å². The molecule has 0 radical (unpaired) electrons. The zero-order valence-corrected chi connectivity index (χ0v) is 12.3. The minimum Gasteiger partial charge on any atom is -0.380 e. The Labute approximate surface area is 127 Å². The van der Waals surface area contributed by atoms with Gasteiger partial charge in [0, 0.05) is 16.1 Å². The van der Waals surface area contributed by atoms with E-state index in [0.29, 0.717) is 22.7 Å². The molecule has 0 aromatic heterocycles. The first-order valence-electron chi connectivity index (χ1n) is 6.59. The Balaban J connectivity index is 1.61. The van der Waals surface area contributed by atoms with Crippen molar-refractivity contribution in [3.63, 3.8) is 0 Å². The fourth-order valence-electron chi connectivity index (χ4n) is 2.59. The maximum Gasteiger partial charge on any atom is 0.147 e. The fourth-order valence-corrected chi connectivity index (χ4v) is 2.95. The van der Waals surface area contributed by atoms with E-state index in [2.05, 4.69) is 11.4 Å². The Morgan fingerprint density at radius 1 is 1.00 bits per heavy atom. The highest BCUT2D eigenvalue weighted by atomic mass is 35.5. The molecular formula is C16H14Cl2FN. The lowest BCUT2D eigenvalue weighted by Gasteiger charge is -2.37. The molecule has 1 N–H and O–H groups in total. The van der Waals surface area contributed by atoms with E-state index in [-0.39, 0.29) is 5.82 Å². The standard InChI is InChI=1S/C16H14Cl2FN/c17-12-3-1-2-10(6-12)11-7-14(8-11)20-16-5-4-13(18)9-15(16)19/h1-6,9,11,14,20H,7-8H2. The number of halogens is 3. The summed E-state index contributed by atoms with van der Waals surface area (Å²) >= 11 is 11.7. The van der Waals surface area contributed by atoms with Crippen molar-refractivity contribution in [3.8, 4) is 0 Å². The molecule has 0 unspecified atom stereocenters. The van der Waals surface area contributed by atoms with E-state index in [9.17, 15) is 4.39 Å². The number of nitrogens with one attached hydrogen (secondary N) is 1. The van der Waals surface area contributed by atoms with Crippen molar-refractivity contribution in [2.45, 2.75) is 24.8 Å². The van der Waals surface area contributed by atoms with Crippen LogP contribution in [-0.2, 0) is 0 Å². The second kappa shape index (κ2) is 5.63. The predicted octanol–water partition coefficient (Wildman–Crippen LogP) is 5.49. The van der Waals surface area contributed by atoms with Crippen molar-refractivity contribution in [1.82, 2.24) is 0 Å². The van der Waals surface area contributed by atoms with Gasteiger partial charge in [-0.3, -0.25) is 0 Å². The average Bonchev–Trinajstić information content (AvgIpc) is 2.35. The fraction of sp³-hybridized carbons (Fsp3) is 0.250. The van der Waals surface area contributed by atoms with Crippen LogP contribution in [0.3, 0.4) is 0 Å². The SMILES string of the molecule is Fc1cc(Cl)ccc1NC1CC(c2cccc(Cl)c2)C1. The molecule has 104 valence electrons. The molecule has 1 saturated carbocycles. The van der Waals surface area contributed by atoms with Gasteiger partial charge in [0.1, 0.15) is 5.82 Å². The van der Waals surface area contributed by atoms with Crippen molar-refractivity contribution in [2.24, 2.45) is 0 Å². The molecule has 0 bridgehead atoms. The van der Waals surface area contributed by atoms with Gasteiger partial charge in [-0.2, -0.15) is 0 Å². The van der Waals surface area contributed by atoms with Gasteiger partial charge in [0.15, 0.2) is 0 Å². The zero-order valence-electron chi connectivity index (χ0n) is 10.7. The van der Waals surface area contributed by atoms with Gasteiger partial charge >= 0.3 is 0 Å². The predicted molar refractivity (Wildman–Crippen MR) is 82.2 cm³/mol. The Morgan fingerprint density at radius 3 is 2.45 bits per heavy atom.